The van der Waals surface area contributed by atoms with E-state index in [4.69, 9.17) is 5.26 Å². The average molecular weight is 292 g/mol. The SMILES string of the molecule is CC(C)C(C#N)NC(=O)c1c(F)c(F)c(F)c(F)c1F. The molecule has 8 heteroatoms. The highest BCUT2D eigenvalue weighted by Crippen LogP contribution is 2.23. The molecule has 1 rings (SSSR count). The van der Waals surface area contributed by atoms with Crippen LogP contribution in [-0.4, -0.2) is 11.9 Å². The van der Waals surface area contributed by atoms with E-state index < -0.39 is 52.5 Å². The van der Waals surface area contributed by atoms with Gasteiger partial charge in [0.15, 0.2) is 23.3 Å². The molecule has 1 atom stereocenters. The molecule has 3 nitrogen and oxygen atoms in total. The second-order valence-corrected chi connectivity index (χ2v) is 4.27. The van der Waals surface area contributed by atoms with Gasteiger partial charge in [-0.05, 0) is 5.92 Å². The van der Waals surface area contributed by atoms with Crippen molar-refractivity contribution >= 4 is 5.91 Å². The molecule has 108 valence electrons. The van der Waals surface area contributed by atoms with Gasteiger partial charge in [-0.15, -0.1) is 0 Å². The Morgan fingerprint density at radius 1 is 1.00 bits per heavy atom. The van der Waals surface area contributed by atoms with Crippen LogP contribution in [0.25, 0.3) is 0 Å². The third-order valence-corrected chi connectivity index (χ3v) is 2.53. The topological polar surface area (TPSA) is 52.9 Å². The summed E-state index contributed by atoms with van der Waals surface area (Å²) in [5.41, 5.74) is -1.61. The van der Waals surface area contributed by atoms with Gasteiger partial charge in [0.2, 0.25) is 5.82 Å². The molecule has 0 aliphatic heterocycles. The van der Waals surface area contributed by atoms with E-state index in [-0.39, 0.29) is 0 Å². The molecule has 0 saturated heterocycles. The molecule has 0 radical (unpaired) electrons. The number of benzene rings is 1. The number of halogens is 5. The fraction of sp³-hybridized carbons (Fsp3) is 0.333. The van der Waals surface area contributed by atoms with E-state index in [9.17, 15) is 26.7 Å². The molecular weight excluding hydrogens is 283 g/mol. The quantitative estimate of drug-likeness (QED) is 0.529. The predicted octanol–water partition coefficient (Wildman–Crippen LogP) is 2.66. The Balaban J connectivity index is 3.28. The molecule has 0 heterocycles. The molecule has 0 aliphatic carbocycles. The Hall–Kier alpha value is -2.17. The van der Waals surface area contributed by atoms with Gasteiger partial charge >= 0.3 is 0 Å². The fourth-order valence-corrected chi connectivity index (χ4v) is 1.37. The van der Waals surface area contributed by atoms with E-state index >= 15 is 0 Å². The Morgan fingerprint density at radius 3 is 1.75 bits per heavy atom. The van der Waals surface area contributed by atoms with Crippen molar-refractivity contribution in [2.24, 2.45) is 5.92 Å². The summed E-state index contributed by atoms with van der Waals surface area (Å²) in [7, 11) is 0. The van der Waals surface area contributed by atoms with E-state index in [0.717, 1.165) is 0 Å². The van der Waals surface area contributed by atoms with Crippen molar-refractivity contribution in [1.82, 2.24) is 5.32 Å². The second kappa shape index (κ2) is 5.86. The molecule has 1 amide bonds. The number of hydrogen-bond donors (Lipinski definition) is 1. The lowest BCUT2D eigenvalue weighted by atomic mass is 10.0. The molecule has 0 fully saturated rings. The van der Waals surface area contributed by atoms with Gasteiger partial charge in [0, 0.05) is 0 Å². The normalized spacial score (nSPS) is 12.2. The van der Waals surface area contributed by atoms with Crippen molar-refractivity contribution in [1.29, 1.82) is 5.26 Å². The highest BCUT2D eigenvalue weighted by atomic mass is 19.2. The summed E-state index contributed by atoms with van der Waals surface area (Å²) in [4.78, 5) is 11.6. The van der Waals surface area contributed by atoms with Crippen LogP contribution in [0, 0.1) is 46.3 Å². The Morgan fingerprint density at radius 2 is 1.40 bits per heavy atom. The number of amides is 1. The largest absolute Gasteiger partial charge is 0.336 e. The molecule has 20 heavy (non-hydrogen) atoms. The summed E-state index contributed by atoms with van der Waals surface area (Å²) in [6.45, 7) is 3.07. The van der Waals surface area contributed by atoms with E-state index in [1.165, 1.54) is 13.8 Å². The molecule has 0 aliphatic rings. The van der Waals surface area contributed by atoms with Gasteiger partial charge < -0.3 is 5.32 Å². The third kappa shape index (κ3) is 2.71. The zero-order valence-corrected chi connectivity index (χ0v) is 10.4. The van der Waals surface area contributed by atoms with Crippen LogP contribution < -0.4 is 5.32 Å². The first-order chi connectivity index (χ1) is 9.22. The lowest BCUT2D eigenvalue weighted by molar-refractivity contribution is 0.0925. The minimum atomic E-state index is -2.35. The van der Waals surface area contributed by atoms with Crippen molar-refractivity contribution in [3.8, 4) is 6.07 Å². The Bertz CT molecular complexity index is 565. The van der Waals surface area contributed by atoms with Gasteiger partial charge in [-0.25, -0.2) is 22.0 Å². The predicted molar refractivity (Wildman–Crippen MR) is 57.9 cm³/mol. The summed E-state index contributed by atoms with van der Waals surface area (Å²) in [6, 6.07) is 0.516. The fourth-order valence-electron chi connectivity index (χ4n) is 1.37. The lowest BCUT2D eigenvalue weighted by Gasteiger charge is -2.15. The first-order valence-corrected chi connectivity index (χ1v) is 5.44. The smallest absolute Gasteiger partial charge is 0.258 e. The Labute approximate surface area is 111 Å². The monoisotopic (exact) mass is 292 g/mol. The van der Waals surface area contributed by atoms with Crippen molar-refractivity contribution in [2.45, 2.75) is 19.9 Å². The van der Waals surface area contributed by atoms with Crippen molar-refractivity contribution in [2.75, 3.05) is 0 Å². The molecule has 1 unspecified atom stereocenters. The molecule has 0 spiro atoms. The second-order valence-electron chi connectivity index (χ2n) is 4.27. The third-order valence-electron chi connectivity index (χ3n) is 2.53. The van der Waals surface area contributed by atoms with Gasteiger partial charge in [0.25, 0.3) is 5.91 Å². The van der Waals surface area contributed by atoms with Gasteiger partial charge in [-0.1, -0.05) is 13.8 Å². The van der Waals surface area contributed by atoms with Crippen molar-refractivity contribution < 1.29 is 26.7 Å². The minimum absolute atomic E-state index is 0.412. The van der Waals surface area contributed by atoms with E-state index in [0.29, 0.717) is 0 Å². The summed E-state index contributed by atoms with van der Waals surface area (Å²) in [5.74, 6) is -13.2. The molecule has 1 N–H and O–H groups in total. The van der Waals surface area contributed by atoms with Crippen molar-refractivity contribution in [3.63, 3.8) is 0 Å². The van der Waals surface area contributed by atoms with Crippen LogP contribution in [0.5, 0.6) is 0 Å². The number of nitriles is 1. The molecule has 1 aromatic carbocycles. The summed E-state index contributed by atoms with van der Waals surface area (Å²) >= 11 is 0. The zero-order valence-electron chi connectivity index (χ0n) is 10.4. The van der Waals surface area contributed by atoms with Crippen LogP contribution in [0.2, 0.25) is 0 Å². The maximum atomic E-state index is 13.3. The summed E-state index contributed by atoms with van der Waals surface area (Å²) in [5, 5.41) is 10.6. The molecule has 1 aromatic rings. The molecule has 0 saturated carbocycles. The minimum Gasteiger partial charge on any atom is -0.336 e. The lowest BCUT2D eigenvalue weighted by Crippen LogP contribution is -2.38. The maximum absolute atomic E-state index is 13.3. The van der Waals surface area contributed by atoms with Gasteiger partial charge in [0.1, 0.15) is 11.6 Å². The van der Waals surface area contributed by atoms with Crippen LogP contribution in [0.3, 0.4) is 0 Å². The maximum Gasteiger partial charge on any atom is 0.258 e. The van der Waals surface area contributed by atoms with E-state index in [1.54, 1.807) is 6.07 Å². The standard InChI is InChI=1S/C12H9F5N2O/c1-4(2)5(3-18)19-12(20)6-7(13)9(15)11(17)10(16)8(6)14/h4-5H,1-2H3,(H,19,20). The summed E-state index contributed by atoms with van der Waals surface area (Å²) in [6.07, 6.45) is 0. The zero-order chi connectivity index (χ0) is 15.6. The summed E-state index contributed by atoms with van der Waals surface area (Å²) < 4.78 is 65.4. The van der Waals surface area contributed by atoms with Crippen LogP contribution in [-0.2, 0) is 0 Å². The number of nitrogens with one attached hydrogen (secondary N) is 1. The number of nitrogens with zero attached hydrogens (tertiary/aromatic N) is 1. The van der Waals surface area contributed by atoms with Crippen molar-refractivity contribution in [3.05, 3.63) is 34.6 Å². The number of carbonyl (C=O) groups is 1. The van der Waals surface area contributed by atoms with Crippen LogP contribution in [0.4, 0.5) is 22.0 Å². The van der Waals surface area contributed by atoms with Gasteiger partial charge in [-0.3, -0.25) is 4.79 Å². The highest BCUT2D eigenvalue weighted by Gasteiger charge is 2.30. The average Bonchev–Trinajstić information content (AvgIpc) is 2.40. The van der Waals surface area contributed by atoms with Gasteiger partial charge in [0.05, 0.1) is 6.07 Å². The number of rotatable bonds is 3. The van der Waals surface area contributed by atoms with Crippen LogP contribution in [0.15, 0.2) is 0 Å². The van der Waals surface area contributed by atoms with E-state index in [1.807, 2.05) is 5.32 Å². The number of hydrogen-bond acceptors (Lipinski definition) is 2. The number of carbonyl (C=O) groups excluding carboxylic acids is 1. The van der Waals surface area contributed by atoms with Crippen LogP contribution in [0.1, 0.15) is 24.2 Å². The first-order valence-electron chi connectivity index (χ1n) is 5.44. The van der Waals surface area contributed by atoms with Crippen LogP contribution >= 0.6 is 0 Å². The van der Waals surface area contributed by atoms with Gasteiger partial charge in [-0.2, -0.15) is 5.26 Å². The Kier molecular flexibility index (Phi) is 4.65. The van der Waals surface area contributed by atoms with E-state index in [2.05, 4.69) is 0 Å². The highest BCUT2D eigenvalue weighted by molar-refractivity contribution is 5.95. The molecular formula is C12H9F5N2O. The first kappa shape index (κ1) is 15.9. The molecule has 0 bridgehead atoms. The molecule has 0 aromatic heterocycles.